The summed E-state index contributed by atoms with van der Waals surface area (Å²) in [5.74, 6) is -0.0392. The van der Waals surface area contributed by atoms with Gasteiger partial charge in [-0.2, -0.15) is 5.10 Å². The van der Waals surface area contributed by atoms with Crippen LogP contribution in [-0.4, -0.2) is 22.2 Å². The molecule has 0 unspecified atom stereocenters. The molecular formula is C12H17ClN6O2. The summed E-state index contributed by atoms with van der Waals surface area (Å²) in [5, 5.41) is 14.1. The van der Waals surface area contributed by atoms with E-state index in [9.17, 15) is 10.1 Å². The van der Waals surface area contributed by atoms with E-state index in [4.69, 9.17) is 11.6 Å². The van der Waals surface area contributed by atoms with Crippen LogP contribution in [0.25, 0.3) is 0 Å². The van der Waals surface area contributed by atoms with E-state index in [0.717, 1.165) is 24.8 Å². The Balaban J connectivity index is 2.58. The quantitative estimate of drug-likeness (QED) is 0.200. The molecule has 8 nitrogen and oxygen atoms in total. The molecule has 0 saturated carbocycles. The van der Waals surface area contributed by atoms with Crippen LogP contribution in [0.4, 0.5) is 0 Å². The van der Waals surface area contributed by atoms with Gasteiger partial charge in [-0.25, -0.2) is 25.5 Å². The summed E-state index contributed by atoms with van der Waals surface area (Å²) < 4.78 is 0. The average molecular weight is 313 g/mol. The number of unbranched alkanes of at least 4 members (excludes halogenated alkanes) is 2. The number of aromatic nitrogens is 1. The summed E-state index contributed by atoms with van der Waals surface area (Å²) in [6.45, 7) is 2.29. The summed E-state index contributed by atoms with van der Waals surface area (Å²) in [5.41, 5.74) is 5.24. The van der Waals surface area contributed by atoms with Gasteiger partial charge < -0.3 is 0 Å². The summed E-state index contributed by atoms with van der Waals surface area (Å²) >= 11 is 5.67. The van der Waals surface area contributed by atoms with E-state index < -0.39 is 5.03 Å². The molecule has 1 aromatic heterocycles. The molecule has 0 radical (unpaired) electrons. The number of rotatable bonds is 7. The van der Waals surface area contributed by atoms with Gasteiger partial charge in [0.25, 0.3) is 5.96 Å². The molecule has 114 valence electrons. The second-order valence-corrected chi connectivity index (χ2v) is 4.48. The minimum Gasteiger partial charge on any atom is -0.244 e. The topological polar surface area (TPSA) is 105 Å². The van der Waals surface area contributed by atoms with Gasteiger partial charge in [0.15, 0.2) is 5.03 Å². The van der Waals surface area contributed by atoms with Crippen LogP contribution in [0.15, 0.2) is 28.4 Å². The van der Waals surface area contributed by atoms with Crippen molar-refractivity contribution in [3.63, 3.8) is 0 Å². The van der Waals surface area contributed by atoms with E-state index in [1.165, 1.54) is 0 Å². The molecule has 1 heterocycles. The van der Waals surface area contributed by atoms with Gasteiger partial charge >= 0.3 is 0 Å². The molecule has 2 N–H and O–H groups in total. The highest BCUT2D eigenvalue weighted by Crippen LogP contribution is 2.05. The summed E-state index contributed by atoms with van der Waals surface area (Å²) in [6.07, 6.45) is 6.08. The first-order valence-corrected chi connectivity index (χ1v) is 6.83. The number of pyridine rings is 1. The molecule has 0 aliphatic rings. The maximum Gasteiger partial charge on any atom is 0.275 e. The van der Waals surface area contributed by atoms with E-state index in [2.05, 4.69) is 27.4 Å². The van der Waals surface area contributed by atoms with Crippen LogP contribution in [0.1, 0.15) is 31.7 Å². The van der Waals surface area contributed by atoms with Crippen molar-refractivity contribution in [2.75, 3.05) is 0 Å². The number of hydrogen-bond acceptors (Lipinski definition) is 5. The van der Waals surface area contributed by atoms with Crippen LogP contribution in [0, 0.1) is 10.1 Å². The Morgan fingerprint density at radius 1 is 1.57 bits per heavy atom. The van der Waals surface area contributed by atoms with Gasteiger partial charge in [0.2, 0.25) is 0 Å². The van der Waals surface area contributed by atoms with E-state index in [1.807, 2.05) is 5.43 Å². The molecule has 1 aromatic rings. The molecule has 21 heavy (non-hydrogen) atoms. The Bertz CT molecular complexity index is 503. The zero-order valence-electron chi connectivity index (χ0n) is 11.6. The fourth-order valence-corrected chi connectivity index (χ4v) is 1.43. The van der Waals surface area contributed by atoms with Gasteiger partial charge in [0, 0.05) is 12.4 Å². The van der Waals surface area contributed by atoms with E-state index in [-0.39, 0.29) is 12.5 Å². The monoisotopic (exact) mass is 312 g/mol. The fraction of sp³-hybridized carbons (Fsp3) is 0.417. The van der Waals surface area contributed by atoms with Crippen molar-refractivity contribution in [2.45, 2.75) is 32.7 Å². The van der Waals surface area contributed by atoms with Crippen LogP contribution >= 0.6 is 11.6 Å². The Labute approximate surface area is 127 Å². The zero-order chi connectivity index (χ0) is 15.5. The molecular weight excluding hydrogens is 296 g/mol. The number of guanidine groups is 1. The lowest BCUT2D eigenvalue weighted by Gasteiger charge is -2.02. The first-order chi connectivity index (χ1) is 10.1. The fourth-order valence-electron chi connectivity index (χ4n) is 1.32. The maximum absolute atomic E-state index is 10.5. The molecule has 0 amide bonds. The lowest BCUT2D eigenvalue weighted by Crippen LogP contribution is -2.38. The van der Waals surface area contributed by atoms with Crippen molar-refractivity contribution >= 4 is 23.8 Å². The van der Waals surface area contributed by atoms with Crippen LogP contribution < -0.4 is 10.9 Å². The number of hydrazine groups is 1. The second kappa shape index (κ2) is 9.65. The van der Waals surface area contributed by atoms with E-state index in [1.54, 1.807) is 24.5 Å². The van der Waals surface area contributed by atoms with Crippen LogP contribution in [-0.2, 0) is 6.54 Å². The molecule has 0 fully saturated rings. The Hall–Kier alpha value is -2.22. The predicted molar refractivity (Wildman–Crippen MR) is 81.7 cm³/mol. The van der Waals surface area contributed by atoms with Gasteiger partial charge in [-0.05, 0) is 24.5 Å². The minimum absolute atomic E-state index is 0.0392. The van der Waals surface area contributed by atoms with E-state index >= 15 is 0 Å². The number of nitrogens with zero attached hydrogens (tertiary/aromatic N) is 4. The minimum atomic E-state index is -0.701. The highest BCUT2D eigenvalue weighted by molar-refractivity contribution is 6.29. The highest BCUT2D eigenvalue weighted by atomic mass is 35.5. The van der Waals surface area contributed by atoms with Crippen molar-refractivity contribution in [1.29, 1.82) is 0 Å². The predicted octanol–water partition coefficient (Wildman–Crippen LogP) is 2.14. The van der Waals surface area contributed by atoms with Gasteiger partial charge in [-0.1, -0.05) is 36.4 Å². The first kappa shape index (κ1) is 16.8. The smallest absolute Gasteiger partial charge is 0.244 e. The van der Waals surface area contributed by atoms with Crippen LogP contribution in [0.2, 0.25) is 5.15 Å². The highest BCUT2D eigenvalue weighted by Gasteiger charge is 2.04. The number of nitrogens with one attached hydrogen (secondary N) is 2. The van der Waals surface area contributed by atoms with Crippen molar-refractivity contribution in [2.24, 2.45) is 10.1 Å². The molecule has 1 rings (SSSR count). The second-order valence-electron chi connectivity index (χ2n) is 4.09. The van der Waals surface area contributed by atoms with Gasteiger partial charge in [-0.15, -0.1) is 0 Å². The Kier molecular flexibility index (Phi) is 7.73. The van der Waals surface area contributed by atoms with Crippen LogP contribution in [0.5, 0.6) is 0 Å². The van der Waals surface area contributed by atoms with E-state index in [0.29, 0.717) is 5.15 Å². The molecule has 0 aliphatic heterocycles. The lowest BCUT2D eigenvalue weighted by atomic mass is 10.3. The number of hydrazone groups is 1. The third-order valence-corrected chi connectivity index (χ3v) is 2.58. The standard InChI is InChI=1S/C12H17ClN6O2/c1-2-3-4-7-16-17-12(18-19(20)21)15-9-10-5-6-11(13)14-8-10/h5-8H,2-4,9H2,1H3,(H2,15,17,18). The number of hydrogen-bond donors (Lipinski definition) is 2. The van der Waals surface area contributed by atoms with Crippen LogP contribution in [0.3, 0.4) is 0 Å². The number of aliphatic imine (C=N–C) groups is 1. The zero-order valence-corrected chi connectivity index (χ0v) is 12.4. The molecule has 9 heteroatoms. The summed E-state index contributed by atoms with van der Waals surface area (Å²) in [4.78, 5) is 18.4. The average Bonchev–Trinajstić information content (AvgIpc) is 2.45. The Morgan fingerprint density at radius 2 is 2.38 bits per heavy atom. The summed E-state index contributed by atoms with van der Waals surface area (Å²) in [6, 6.07) is 3.37. The molecule has 0 atom stereocenters. The number of halogens is 1. The molecule has 0 spiro atoms. The Morgan fingerprint density at radius 3 is 3.00 bits per heavy atom. The van der Waals surface area contributed by atoms with Crippen molar-refractivity contribution in [3.8, 4) is 0 Å². The molecule has 0 aliphatic carbocycles. The SMILES string of the molecule is CCCCC=NNC(=NCc1ccc(Cl)nc1)N[N+](=O)[O-]. The first-order valence-electron chi connectivity index (χ1n) is 6.45. The molecule has 0 aromatic carbocycles. The normalized spacial score (nSPS) is 11.6. The number of nitro groups is 1. The molecule has 0 saturated heterocycles. The third-order valence-electron chi connectivity index (χ3n) is 2.35. The third kappa shape index (κ3) is 7.83. The van der Waals surface area contributed by atoms with Crippen molar-refractivity contribution in [3.05, 3.63) is 39.2 Å². The van der Waals surface area contributed by atoms with Crippen molar-refractivity contribution < 1.29 is 5.03 Å². The maximum atomic E-state index is 10.5. The van der Waals surface area contributed by atoms with Crippen molar-refractivity contribution in [1.82, 2.24) is 15.8 Å². The van der Waals surface area contributed by atoms with Gasteiger partial charge in [0.05, 0.1) is 6.54 Å². The van der Waals surface area contributed by atoms with Gasteiger partial charge in [0.1, 0.15) is 5.15 Å². The van der Waals surface area contributed by atoms with Gasteiger partial charge in [-0.3, -0.25) is 0 Å². The molecule has 0 bridgehead atoms. The largest absolute Gasteiger partial charge is 0.275 e. The lowest BCUT2D eigenvalue weighted by molar-refractivity contribution is -0.525. The summed E-state index contributed by atoms with van der Waals surface area (Å²) in [7, 11) is 0.